The molecular formula is C15H30O. The zero-order chi connectivity index (χ0) is 12.6. The lowest BCUT2D eigenvalue weighted by Crippen LogP contribution is -2.50. The van der Waals surface area contributed by atoms with Crippen molar-refractivity contribution < 1.29 is 5.11 Å². The third-order valence-electron chi connectivity index (χ3n) is 4.27. The van der Waals surface area contributed by atoms with E-state index in [1.807, 2.05) is 0 Å². The summed E-state index contributed by atoms with van der Waals surface area (Å²) in [4.78, 5) is 0. The van der Waals surface area contributed by atoms with Crippen LogP contribution in [-0.4, -0.2) is 10.7 Å². The van der Waals surface area contributed by atoms with Crippen LogP contribution >= 0.6 is 0 Å². The molecule has 1 rings (SSSR count). The summed E-state index contributed by atoms with van der Waals surface area (Å²) in [6, 6.07) is 0. The van der Waals surface area contributed by atoms with E-state index in [4.69, 9.17) is 0 Å². The average molecular weight is 226 g/mol. The van der Waals surface area contributed by atoms with Gasteiger partial charge in [-0.2, -0.15) is 0 Å². The number of hydrogen-bond donors (Lipinski definition) is 1. The summed E-state index contributed by atoms with van der Waals surface area (Å²) in [5.74, 6) is 0.464. The molecule has 1 heteroatoms. The van der Waals surface area contributed by atoms with Crippen LogP contribution in [0.15, 0.2) is 0 Å². The fourth-order valence-corrected chi connectivity index (χ4v) is 4.48. The normalized spacial score (nSPS) is 27.0. The first kappa shape index (κ1) is 14.0. The summed E-state index contributed by atoms with van der Waals surface area (Å²) in [5.41, 5.74) is 0.118. The lowest BCUT2D eigenvalue weighted by molar-refractivity contribution is -0.123. The second-order valence-electron chi connectivity index (χ2n) is 7.48. The van der Waals surface area contributed by atoms with Crippen molar-refractivity contribution in [3.63, 3.8) is 0 Å². The maximum atomic E-state index is 11.0. The summed E-state index contributed by atoms with van der Waals surface area (Å²) in [5, 5.41) is 11.0. The topological polar surface area (TPSA) is 20.2 Å². The van der Waals surface area contributed by atoms with Crippen LogP contribution in [-0.2, 0) is 0 Å². The fraction of sp³-hybridized carbons (Fsp3) is 1.00. The monoisotopic (exact) mass is 226 g/mol. The van der Waals surface area contributed by atoms with E-state index in [0.717, 1.165) is 25.7 Å². The summed E-state index contributed by atoms with van der Waals surface area (Å²) < 4.78 is 0. The Morgan fingerprint density at radius 3 is 1.56 bits per heavy atom. The first-order valence-corrected chi connectivity index (χ1v) is 6.86. The number of aliphatic hydroxyl groups is 1. The molecular weight excluding hydrogens is 196 g/mol. The maximum Gasteiger partial charge on any atom is 0.0685 e. The van der Waals surface area contributed by atoms with Crippen molar-refractivity contribution in [2.75, 3.05) is 0 Å². The molecule has 16 heavy (non-hydrogen) atoms. The zero-order valence-corrected chi connectivity index (χ0v) is 12.1. The van der Waals surface area contributed by atoms with Gasteiger partial charge in [-0.15, -0.1) is 0 Å². The minimum Gasteiger partial charge on any atom is -0.390 e. The van der Waals surface area contributed by atoms with Gasteiger partial charge in [0, 0.05) is 0 Å². The zero-order valence-electron chi connectivity index (χ0n) is 12.1. The van der Waals surface area contributed by atoms with Crippen molar-refractivity contribution in [2.24, 2.45) is 16.7 Å². The Morgan fingerprint density at radius 2 is 1.25 bits per heavy atom. The Hall–Kier alpha value is -0.0400. The lowest BCUT2D eigenvalue weighted by Gasteiger charge is -2.52. The average Bonchev–Trinajstić information content (AvgIpc) is 1.97. The van der Waals surface area contributed by atoms with Gasteiger partial charge >= 0.3 is 0 Å². The van der Waals surface area contributed by atoms with Crippen molar-refractivity contribution in [3.8, 4) is 0 Å². The predicted octanol–water partition coefficient (Wildman–Crippen LogP) is 4.39. The molecule has 0 atom stereocenters. The lowest BCUT2D eigenvalue weighted by atomic mass is 9.56. The molecule has 1 nitrogen and oxygen atoms in total. The molecule has 0 radical (unpaired) electrons. The van der Waals surface area contributed by atoms with Crippen molar-refractivity contribution in [1.82, 2.24) is 0 Å². The van der Waals surface area contributed by atoms with Gasteiger partial charge in [0.2, 0.25) is 0 Å². The van der Waals surface area contributed by atoms with Crippen LogP contribution in [0.5, 0.6) is 0 Å². The highest BCUT2D eigenvalue weighted by molar-refractivity contribution is 5.00. The molecule has 0 aliphatic heterocycles. The van der Waals surface area contributed by atoms with E-state index in [9.17, 15) is 5.11 Å². The highest BCUT2D eigenvalue weighted by Gasteiger charge is 2.49. The van der Waals surface area contributed by atoms with Gasteiger partial charge < -0.3 is 5.11 Å². The Kier molecular flexibility index (Phi) is 3.79. The predicted molar refractivity (Wildman–Crippen MR) is 70.4 cm³/mol. The van der Waals surface area contributed by atoms with Crippen LogP contribution in [0.4, 0.5) is 0 Å². The molecule has 0 unspecified atom stereocenters. The molecule has 1 N–H and O–H groups in total. The van der Waals surface area contributed by atoms with E-state index >= 15 is 0 Å². The van der Waals surface area contributed by atoms with Gasteiger partial charge in [0.25, 0.3) is 0 Å². The second-order valence-corrected chi connectivity index (χ2v) is 7.48. The summed E-state index contributed by atoms with van der Waals surface area (Å²) in [6.45, 7) is 13.6. The molecule has 1 fully saturated rings. The van der Waals surface area contributed by atoms with Gasteiger partial charge in [0.15, 0.2) is 0 Å². The highest BCUT2D eigenvalue weighted by atomic mass is 16.3. The second kappa shape index (κ2) is 4.33. The van der Waals surface area contributed by atoms with E-state index in [1.54, 1.807) is 0 Å². The molecule has 0 saturated heterocycles. The molecule has 0 aromatic heterocycles. The fourth-order valence-electron chi connectivity index (χ4n) is 4.48. The molecule has 0 bridgehead atoms. The van der Waals surface area contributed by atoms with Gasteiger partial charge in [-0.1, -0.05) is 54.4 Å². The molecule has 0 spiro atoms. The van der Waals surface area contributed by atoms with Gasteiger partial charge in [-0.25, -0.2) is 0 Å². The molecule has 0 amide bonds. The SMILES string of the molecule is CCC(CC)C1(O)CC(C)(C)CC(C)(C)C1. The molecule has 1 aliphatic carbocycles. The maximum absolute atomic E-state index is 11.0. The van der Waals surface area contributed by atoms with Gasteiger partial charge in [0.1, 0.15) is 0 Å². The van der Waals surface area contributed by atoms with Crippen molar-refractivity contribution in [1.29, 1.82) is 0 Å². The van der Waals surface area contributed by atoms with E-state index in [1.165, 1.54) is 6.42 Å². The van der Waals surface area contributed by atoms with Gasteiger partial charge in [-0.3, -0.25) is 0 Å². The van der Waals surface area contributed by atoms with Crippen molar-refractivity contribution >= 4 is 0 Å². The quantitative estimate of drug-likeness (QED) is 0.756. The minimum absolute atomic E-state index is 0.277. The molecule has 96 valence electrons. The largest absolute Gasteiger partial charge is 0.390 e. The standard InChI is InChI=1S/C15H30O/c1-7-12(8-2)15(16)10-13(3,4)9-14(5,6)11-15/h12,16H,7-11H2,1-6H3. The van der Waals surface area contributed by atoms with Crippen LogP contribution in [0.25, 0.3) is 0 Å². The van der Waals surface area contributed by atoms with Crippen LogP contribution in [0.3, 0.4) is 0 Å². The Bertz CT molecular complexity index is 220. The Morgan fingerprint density at radius 1 is 0.875 bits per heavy atom. The van der Waals surface area contributed by atoms with E-state index in [0.29, 0.717) is 5.92 Å². The molecule has 1 aliphatic rings. The molecule has 0 aromatic carbocycles. The molecule has 0 heterocycles. The summed E-state index contributed by atoms with van der Waals surface area (Å²) in [7, 11) is 0. The van der Waals surface area contributed by atoms with Gasteiger partial charge in [-0.05, 0) is 36.0 Å². The molecule has 1 saturated carbocycles. The summed E-state index contributed by atoms with van der Waals surface area (Å²) >= 11 is 0. The number of hydrogen-bond acceptors (Lipinski definition) is 1. The third kappa shape index (κ3) is 3.00. The van der Waals surface area contributed by atoms with Crippen LogP contribution in [0.2, 0.25) is 0 Å². The van der Waals surface area contributed by atoms with Crippen LogP contribution < -0.4 is 0 Å². The summed E-state index contributed by atoms with van der Waals surface area (Å²) in [6.07, 6.45) is 5.35. The first-order chi connectivity index (χ1) is 7.14. The third-order valence-corrected chi connectivity index (χ3v) is 4.27. The Balaban J connectivity index is 2.95. The van der Waals surface area contributed by atoms with Crippen LogP contribution in [0, 0.1) is 16.7 Å². The van der Waals surface area contributed by atoms with E-state index < -0.39 is 5.60 Å². The van der Waals surface area contributed by atoms with Crippen molar-refractivity contribution in [3.05, 3.63) is 0 Å². The Labute approximate surface area is 102 Å². The molecule has 0 aromatic rings. The smallest absolute Gasteiger partial charge is 0.0685 e. The first-order valence-electron chi connectivity index (χ1n) is 6.86. The highest BCUT2D eigenvalue weighted by Crippen LogP contribution is 2.53. The minimum atomic E-state index is -0.436. The van der Waals surface area contributed by atoms with E-state index in [-0.39, 0.29) is 10.8 Å². The number of rotatable bonds is 3. The van der Waals surface area contributed by atoms with Gasteiger partial charge in [0.05, 0.1) is 5.60 Å². The van der Waals surface area contributed by atoms with E-state index in [2.05, 4.69) is 41.5 Å². The van der Waals surface area contributed by atoms with Crippen molar-refractivity contribution in [2.45, 2.75) is 79.2 Å². The van der Waals surface area contributed by atoms with Crippen LogP contribution in [0.1, 0.15) is 73.6 Å².